The van der Waals surface area contributed by atoms with Crippen molar-refractivity contribution in [2.45, 2.75) is 13.3 Å². The van der Waals surface area contributed by atoms with Gasteiger partial charge in [0.25, 0.3) is 5.91 Å². The molecule has 0 spiro atoms. The summed E-state index contributed by atoms with van der Waals surface area (Å²) < 4.78 is 0. The number of anilines is 1. The van der Waals surface area contributed by atoms with Crippen LogP contribution >= 0.6 is 0 Å². The Morgan fingerprint density at radius 3 is 2.55 bits per heavy atom. The summed E-state index contributed by atoms with van der Waals surface area (Å²) in [5.41, 5.74) is 1.54. The summed E-state index contributed by atoms with van der Waals surface area (Å²) in [6.45, 7) is 2.08. The van der Waals surface area contributed by atoms with Crippen LogP contribution in [0.3, 0.4) is 0 Å². The van der Waals surface area contributed by atoms with Gasteiger partial charge in [-0.3, -0.25) is 9.59 Å². The Kier molecular flexibility index (Phi) is 5.78. The van der Waals surface area contributed by atoms with Gasteiger partial charge in [0.2, 0.25) is 0 Å². The fourth-order valence-electron chi connectivity index (χ4n) is 1.34. The van der Waals surface area contributed by atoms with Gasteiger partial charge in [-0.05, 0) is 19.1 Å². The highest BCUT2D eigenvalue weighted by molar-refractivity contribution is 6.06. The molecule has 0 saturated heterocycles. The number of carbonyl (C=O) groups excluding carboxylic acids is 1. The third-order valence-electron chi connectivity index (χ3n) is 2.40. The van der Waals surface area contributed by atoms with E-state index in [0.29, 0.717) is 5.69 Å². The monoisotopic (exact) mass is 273 g/mol. The van der Waals surface area contributed by atoms with Crippen LogP contribution in [0, 0.1) is 18.3 Å². The Balaban J connectivity index is 2.58. The zero-order chi connectivity index (χ0) is 15.0. The minimum absolute atomic E-state index is 0.0885. The van der Waals surface area contributed by atoms with E-state index < -0.39 is 11.9 Å². The van der Waals surface area contributed by atoms with Crippen LogP contribution in [0.25, 0.3) is 0 Å². The minimum Gasteiger partial charge on any atom is -0.481 e. The molecule has 0 fully saturated rings. The van der Waals surface area contributed by atoms with Gasteiger partial charge >= 0.3 is 5.97 Å². The molecule has 0 bridgehead atoms. The Morgan fingerprint density at radius 1 is 1.35 bits per heavy atom. The predicted octanol–water partition coefficient (Wildman–Crippen LogP) is 1.41. The van der Waals surface area contributed by atoms with Crippen molar-refractivity contribution in [1.82, 2.24) is 5.32 Å². The van der Waals surface area contributed by atoms with E-state index in [2.05, 4.69) is 10.6 Å². The number of benzene rings is 1. The van der Waals surface area contributed by atoms with Gasteiger partial charge in [0, 0.05) is 18.4 Å². The van der Waals surface area contributed by atoms with Gasteiger partial charge in [0.15, 0.2) is 0 Å². The lowest BCUT2D eigenvalue weighted by atomic mass is 10.2. The second-order valence-corrected chi connectivity index (χ2v) is 4.09. The first-order chi connectivity index (χ1) is 9.52. The summed E-state index contributed by atoms with van der Waals surface area (Å²) in [5.74, 6) is -1.49. The zero-order valence-corrected chi connectivity index (χ0v) is 11.0. The second kappa shape index (κ2) is 7.59. The number of aliphatic carboxylic acids is 1. The zero-order valence-electron chi connectivity index (χ0n) is 11.0. The molecule has 0 heterocycles. The average Bonchev–Trinajstić information content (AvgIpc) is 2.41. The SMILES string of the molecule is Cc1ccc(NC(=O)/C(C#N)=C\NCCC(=O)O)cc1. The highest BCUT2D eigenvalue weighted by Crippen LogP contribution is 2.09. The van der Waals surface area contributed by atoms with Gasteiger partial charge in [0.1, 0.15) is 11.6 Å². The summed E-state index contributed by atoms with van der Waals surface area (Å²) in [4.78, 5) is 22.1. The maximum Gasteiger partial charge on any atom is 0.305 e. The van der Waals surface area contributed by atoms with Crippen LogP contribution in [-0.2, 0) is 9.59 Å². The molecule has 0 atom stereocenters. The van der Waals surface area contributed by atoms with Gasteiger partial charge in [-0.1, -0.05) is 17.7 Å². The molecule has 1 amide bonds. The molecule has 3 N–H and O–H groups in total. The number of amides is 1. The molecule has 1 aromatic carbocycles. The molecular formula is C14H15N3O3. The number of nitriles is 1. The standard InChI is InChI=1S/C14H15N3O3/c1-10-2-4-12(5-3-10)17-14(20)11(8-15)9-16-7-6-13(18)19/h2-5,9,16H,6-7H2,1H3,(H,17,20)(H,18,19)/b11-9-. The van der Waals surface area contributed by atoms with Crippen LogP contribution in [0.5, 0.6) is 0 Å². The lowest BCUT2D eigenvalue weighted by Crippen LogP contribution is -2.18. The number of nitrogens with zero attached hydrogens (tertiary/aromatic N) is 1. The van der Waals surface area contributed by atoms with Crippen molar-refractivity contribution in [3.05, 3.63) is 41.6 Å². The van der Waals surface area contributed by atoms with Crippen molar-refractivity contribution in [1.29, 1.82) is 5.26 Å². The summed E-state index contributed by atoms with van der Waals surface area (Å²) in [6, 6.07) is 8.92. The maximum atomic E-state index is 11.8. The quantitative estimate of drug-likeness (QED) is 0.413. The fraction of sp³-hybridized carbons (Fsp3) is 0.214. The predicted molar refractivity (Wildman–Crippen MR) is 73.8 cm³/mol. The Labute approximate surface area is 116 Å². The fourth-order valence-corrected chi connectivity index (χ4v) is 1.34. The van der Waals surface area contributed by atoms with E-state index in [0.717, 1.165) is 5.56 Å². The molecule has 6 nitrogen and oxygen atoms in total. The van der Waals surface area contributed by atoms with Crippen LogP contribution in [0.2, 0.25) is 0 Å². The Morgan fingerprint density at radius 2 is 2.00 bits per heavy atom. The summed E-state index contributed by atoms with van der Waals surface area (Å²) in [7, 11) is 0. The highest BCUT2D eigenvalue weighted by Gasteiger charge is 2.08. The molecule has 0 radical (unpaired) electrons. The van der Waals surface area contributed by atoms with E-state index in [1.807, 2.05) is 19.1 Å². The summed E-state index contributed by atoms with van der Waals surface area (Å²) in [5, 5.41) is 22.6. The first kappa shape index (κ1) is 15.2. The summed E-state index contributed by atoms with van der Waals surface area (Å²) >= 11 is 0. The van der Waals surface area contributed by atoms with Gasteiger partial charge in [-0.25, -0.2) is 0 Å². The topological polar surface area (TPSA) is 102 Å². The molecule has 0 aliphatic heterocycles. The van der Waals surface area contributed by atoms with Crippen molar-refractivity contribution in [2.24, 2.45) is 0 Å². The van der Waals surface area contributed by atoms with Crippen molar-refractivity contribution in [3.63, 3.8) is 0 Å². The number of nitrogens with one attached hydrogen (secondary N) is 2. The number of aryl methyl sites for hydroxylation is 1. The van der Waals surface area contributed by atoms with Gasteiger partial charge in [-0.15, -0.1) is 0 Å². The Bertz CT molecular complexity index is 556. The molecule has 1 aromatic rings. The van der Waals surface area contributed by atoms with E-state index in [-0.39, 0.29) is 18.5 Å². The second-order valence-electron chi connectivity index (χ2n) is 4.09. The number of rotatable bonds is 6. The van der Waals surface area contributed by atoms with Crippen LogP contribution in [0.1, 0.15) is 12.0 Å². The number of carboxylic acids is 1. The molecule has 0 unspecified atom stereocenters. The number of hydrogen-bond acceptors (Lipinski definition) is 4. The molecule has 6 heteroatoms. The first-order valence-corrected chi connectivity index (χ1v) is 5.96. The minimum atomic E-state index is -0.950. The van der Waals surface area contributed by atoms with E-state index in [4.69, 9.17) is 10.4 Å². The normalized spacial score (nSPS) is 10.5. The maximum absolute atomic E-state index is 11.8. The van der Waals surface area contributed by atoms with Crippen LogP contribution in [0.15, 0.2) is 36.0 Å². The average molecular weight is 273 g/mol. The molecule has 0 aliphatic rings. The molecule has 0 saturated carbocycles. The highest BCUT2D eigenvalue weighted by atomic mass is 16.4. The van der Waals surface area contributed by atoms with Crippen LogP contribution in [-0.4, -0.2) is 23.5 Å². The first-order valence-electron chi connectivity index (χ1n) is 5.96. The number of hydrogen-bond donors (Lipinski definition) is 3. The third-order valence-corrected chi connectivity index (χ3v) is 2.40. The van der Waals surface area contributed by atoms with Crippen molar-refractivity contribution < 1.29 is 14.7 Å². The van der Waals surface area contributed by atoms with E-state index in [9.17, 15) is 9.59 Å². The van der Waals surface area contributed by atoms with E-state index in [1.54, 1.807) is 18.2 Å². The van der Waals surface area contributed by atoms with Crippen molar-refractivity contribution in [3.8, 4) is 6.07 Å². The lowest BCUT2D eigenvalue weighted by molar-refractivity contribution is -0.136. The molecule has 0 aromatic heterocycles. The number of carbonyl (C=O) groups is 2. The van der Waals surface area contributed by atoms with Crippen molar-refractivity contribution in [2.75, 3.05) is 11.9 Å². The van der Waals surface area contributed by atoms with E-state index in [1.165, 1.54) is 6.20 Å². The molecule has 104 valence electrons. The van der Waals surface area contributed by atoms with Gasteiger partial charge in [-0.2, -0.15) is 5.26 Å². The van der Waals surface area contributed by atoms with Crippen molar-refractivity contribution >= 4 is 17.6 Å². The van der Waals surface area contributed by atoms with Crippen LogP contribution in [0.4, 0.5) is 5.69 Å². The van der Waals surface area contributed by atoms with Gasteiger partial charge < -0.3 is 15.7 Å². The molecular weight excluding hydrogens is 258 g/mol. The third kappa shape index (κ3) is 5.23. The largest absolute Gasteiger partial charge is 0.481 e. The summed E-state index contributed by atoms with van der Waals surface area (Å²) in [6.07, 6.45) is 1.13. The number of carboxylic acid groups (broad SMARTS) is 1. The molecule has 0 aliphatic carbocycles. The Hall–Kier alpha value is -2.81. The lowest BCUT2D eigenvalue weighted by Gasteiger charge is -2.05. The van der Waals surface area contributed by atoms with Gasteiger partial charge in [0.05, 0.1) is 6.42 Å². The molecule has 20 heavy (non-hydrogen) atoms. The molecule has 1 rings (SSSR count). The smallest absolute Gasteiger partial charge is 0.305 e. The van der Waals surface area contributed by atoms with E-state index >= 15 is 0 Å². The van der Waals surface area contributed by atoms with Crippen LogP contribution < -0.4 is 10.6 Å².